The highest BCUT2D eigenvalue weighted by Crippen LogP contribution is 2.29. The molecule has 4 heteroatoms. The van der Waals surface area contributed by atoms with E-state index in [1.54, 1.807) is 4.90 Å². The van der Waals surface area contributed by atoms with E-state index in [0.717, 1.165) is 34.9 Å². The average Bonchev–Trinajstić information content (AvgIpc) is 2.42. The van der Waals surface area contributed by atoms with Crippen molar-refractivity contribution >= 4 is 11.7 Å². The van der Waals surface area contributed by atoms with Gasteiger partial charge in [0.1, 0.15) is 11.6 Å². The number of carbonyl (C=O) groups is 1. The summed E-state index contributed by atoms with van der Waals surface area (Å²) in [6.45, 7) is 6.50. The monoisotopic (exact) mass is 281 g/mol. The van der Waals surface area contributed by atoms with Gasteiger partial charge in [0.25, 0.3) is 0 Å². The lowest BCUT2D eigenvalue weighted by molar-refractivity contribution is -0.119. The Morgan fingerprint density at radius 2 is 1.95 bits per heavy atom. The molecule has 0 atom stereocenters. The van der Waals surface area contributed by atoms with Crippen molar-refractivity contribution in [2.24, 2.45) is 0 Å². The summed E-state index contributed by atoms with van der Waals surface area (Å²) >= 11 is 0. The van der Waals surface area contributed by atoms with Gasteiger partial charge in [-0.15, -0.1) is 0 Å². The van der Waals surface area contributed by atoms with Crippen molar-refractivity contribution in [2.75, 3.05) is 4.90 Å². The molecule has 0 bridgehead atoms. The van der Waals surface area contributed by atoms with Crippen LogP contribution in [0.4, 0.5) is 5.82 Å². The van der Waals surface area contributed by atoms with Gasteiger partial charge >= 0.3 is 0 Å². The number of anilines is 1. The molecular formula is C17H19N3O. The van der Waals surface area contributed by atoms with Crippen molar-refractivity contribution < 1.29 is 4.79 Å². The Kier molecular flexibility index (Phi) is 3.45. The van der Waals surface area contributed by atoms with E-state index in [9.17, 15) is 4.79 Å². The Labute approximate surface area is 124 Å². The highest BCUT2D eigenvalue weighted by atomic mass is 16.2. The lowest BCUT2D eigenvalue weighted by Crippen LogP contribution is -2.36. The summed E-state index contributed by atoms with van der Waals surface area (Å²) in [6, 6.07) is 8.25. The van der Waals surface area contributed by atoms with Crippen LogP contribution in [0.5, 0.6) is 0 Å². The van der Waals surface area contributed by atoms with Crippen LogP contribution in [0.15, 0.2) is 24.3 Å². The van der Waals surface area contributed by atoms with Gasteiger partial charge in [-0.1, -0.05) is 29.8 Å². The Morgan fingerprint density at radius 1 is 1.14 bits per heavy atom. The van der Waals surface area contributed by atoms with Crippen molar-refractivity contribution in [1.29, 1.82) is 0 Å². The topological polar surface area (TPSA) is 46.1 Å². The maximum Gasteiger partial charge on any atom is 0.228 e. The summed E-state index contributed by atoms with van der Waals surface area (Å²) in [7, 11) is 0. The summed E-state index contributed by atoms with van der Waals surface area (Å²) in [5.41, 5.74) is 4.42. The van der Waals surface area contributed by atoms with Crippen LogP contribution >= 0.6 is 0 Å². The number of rotatable bonds is 2. The van der Waals surface area contributed by atoms with Gasteiger partial charge in [-0.05, 0) is 32.8 Å². The molecule has 3 rings (SSSR count). The van der Waals surface area contributed by atoms with Crippen molar-refractivity contribution in [1.82, 2.24) is 9.97 Å². The van der Waals surface area contributed by atoms with Crippen LogP contribution in [-0.4, -0.2) is 15.9 Å². The molecule has 0 spiro atoms. The summed E-state index contributed by atoms with van der Waals surface area (Å²) in [4.78, 5) is 23.1. The van der Waals surface area contributed by atoms with Gasteiger partial charge in [0.2, 0.25) is 5.91 Å². The number of hydrogen-bond acceptors (Lipinski definition) is 3. The summed E-state index contributed by atoms with van der Waals surface area (Å²) in [5, 5.41) is 0. The number of hydrogen-bond donors (Lipinski definition) is 0. The molecule has 21 heavy (non-hydrogen) atoms. The second-order valence-corrected chi connectivity index (χ2v) is 5.63. The van der Waals surface area contributed by atoms with E-state index < -0.39 is 0 Å². The first-order valence-corrected chi connectivity index (χ1v) is 7.24. The molecule has 4 nitrogen and oxygen atoms in total. The quantitative estimate of drug-likeness (QED) is 0.850. The molecule has 1 aliphatic rings. The summed E-state index contributed by atoms with van der Waals surface area (Å²) in [6.07, 6.45) is 1.27. The number of aryl methyl sites for hydroxylation is 3. The third kappa shape index (κ3) is 2.66. The van der Waals surface area contributed by atoms with Crippen molar-refractivity contribution in [3.05, 3.63) is 52.5 Å². The third-order valence-electron chi connectivity index (χ3n) is 3.87. The number of aromatic nitrogens is 2. The molecule has 0 fully saturated rings. The molecule has 1 aromatic carbocycles. The molecule has 1 aliphatic heterocycles. The molecule has 1 amide bonds. The van der Waals surface area contributed by atoms with Gasteiger partial charge in [0.15, 0.2) is 0 Å². The fourth-order valence-electron chi connectivity index (χ4n) is 2.87. The third-order valence-corrected chi connectivity index (χ3v) is 3.87. The van der Waals surface area contributed by atoms with Gasteiger partial charge < -0.3 is 0 Å². The lowest BCUT2D eigenvalue weighted by Gasteiger charge is -2.29. The summed E-state index contributed by atoms with van der Waals surface area (Å²) in [5.74, 6) is 1.65. The molecule has 2 heterocycles. The Hall–Kier alpha value is -2.23. The minimum Gasteiger partial charge on any atom is -0.292 e. The Morgan fingerprint density at radius 3 is 2.71 bits per heavy atom. The van der Waals surface area contributed by atoms with E-state index in [-0.39, 0.29) is 5.91 Å². The van der Waals surface area contributed by atoms with Gasteiger partial charge in [0.05, 0.1) is 6.54 Å². The van der Waals surface area contributed by atoms with Crippen molar-refractivity contribution in [3.63, 3.8) is 0 Å². The van der Waals surface area contributed by atoms with Crippen LogP contribution < -0.4 is 4.90 Å². The fraction of sp³-hybridized carbons (Fsp3) is 0.353. The zero-order chi connectivity index (χ0) is 15.0. The Balaban J connectivity index is 2.01. The predicted octanol–water partition coefficient (Wildman–Crippen LogP) is 2.88. The zero-order valence-corrected chi connectivity index (χ0v) is 12.7. The Bertz CT molecular complexity index is 709. The average molecular weight is 281 g/mol. The molecule has 0 saturated heterocycles. The van der Waals surface area contributed by atoms with Gasteiger partial charge in [-0.3, -0.25) is 9.69 Å². The van der Waals surface area contributed by atoms with E-state index in [1.165, 1.54) is 5.56 Å². The van der Waals surface area contributed by atoms with E-state index in [4.69, 9.17) is 0 Å². The molecule has 108 valence electrons. The van der Waals surface area contributed by atoms with E-state index in [2.05, 4.69) is 35.1 Å². The maximum absolute atomic E-state index is 12.3. The van der Waals surface area contributed by atoms with E-state index in [1.807, 2.05) is 19.9 Å². The summed E-state index contributed by atoms with van der Waals surface area (Å²) < 4.78 is 0. The van der Waals surface area contributed by atoms with Gasteiger partial charge in [-0.25, -0.2) is 9.97 Å². The molecule has 0 radical (unpaired) electrons. The first kappa shape index (κ1) is 13.7. The highest BCUT2D eigenvalue weighted by molar-refractivity contribution is 5.95. The number of nitrogens with zero attached hydrogens (tertiary/aromatic N) is 3. The normalized spacial score (nSPS) is 14.2. The molecule has 0 aliphatic carbocycles. The van der Waals surface area contributed by atoms with Crippen LogP contribution in [0.3, 0.4) is 0 Å². The maximum atomic E-state index is 12.3. The standard InChI is InChI=1S/C17H19N3O/c1-11-5-4-6-14(9-11)10-20-16(21)8-7-15-12(2)18-13(3)19-17(15)20/h4-6,9H,7-8,10H2,1-3H3. The highest BCUT2D eigenvalue weighted by Gasteiger charge is 2.27. The van der Waals surface area contributed by atoms with Crippen LogP contribution in [0.25, 0.3) is 0 Å². The van der Waals surface area contributed by atoms with Crippen LogP contribution in [0.2, 0.25) is 0 Å². The molecule has 0 saturated carbocycles. The second-order valence-electron chi connectivity index (χ2n) is 5.63. The molecule has 2 aromatic rings. The fourth-order valence-corrected chi connectivity index (χ4v) is 2.87. The molecular weight excluding hydrogens is 262 g/mol. The number of amides is 1. The number of fused-ring (bicyclic) bond motifs is 1. The second kappa shape index (κ2) is 5.28. The van der Waals surface area contributed by atoms with E-state index in [0.29, 0.717) is 13.0 Å². The van der Waals surface area contributed by atoms with Gasteiger partial charge in [-0.2, -0.15) is 0 Å². The van der Waals surface area contributed by atoms with Gasteiger partial charge in [0, 0.05) is 17.7 Å². The molecule has 0 unspecified atom stereocenters. The van der Waals surface area contributed by atoms with Crippen molar-refractivity contribution in [3.8, 4) is 0 Å². The number of carbonyl (C=O) groups excluding carboxylic acids is 1. The lowest BCUT2D eigenvalue weighted by atomic mass is 10.0. The van der Waals surface area contributed by atoms with Crippen LogP contribution in [-0.2, 0) is 17.8 Å². The largest absolute Gasteiger partial charge is 0.292 e. The first-order chi connectivity index (χ1) is 10.0. The molecule has 1 aromatic heterocycles. The van der Waals surface area contributed by atoms with Crippen LogP contribution in [0.1, 0.15) is 34.6 Å². The zero-order valence-electron chi connectivity index (χ0n) is 12.7. The van der Waals surface area contributed by atoms with E-state index >= 15 is 0 Å². The smallest absolute Gasteiger partial charge is 0.228 e. The predicted molar refractivity (Wildman–Crippen MR) is 82.2 cm³/mol. The first-order valence-electron chi connectivity index (χ1n) is 7.24. The van der Waals surface area contributed by atoms with Crippen LogP contribution in [0, 0.1) is 20.8 Å². The van der Waals surface area contributed by atoms with Crippen molar-refractivity contribution in [2.45, 2.75) is 40.2 Å². The minimum absolute atomic E-state index is 0.140. The SMILES string of the molecule is Cc1cccc(CN2C(=O)CCc3c(C)nc(C)nc32)c1. The molecule has 0 N–H and O–H groups in total. The number of benzene rings is 1. The minimum atomic E-state index is 0.140.